The van der Waals surface area contributed by atoms with Gasteiger partial charge < -0.3 is 14.0 Å². The van der Waals surface area contributed by atoms with Crippen molar-refractivity contribution in [2.24, 2.45) is 5.92 Å². The summed E-state index contributed by atoms with van der Waals surface area (Å²) < 4.78 is 7.35. The smallest absolute Gasteiger partial charge is 0.242 e. The van der Waals surface area contributed by atoms with Gasteiger partial charge in [-0.15, -0.1) is 0 Å². The first-order valence-corrected chi connectivity index (χ1v) is 8.61. The van der Waals surface area contributed by atoms with Gasteiger partial charge in [0.1, 0.15) is 12.4 Å². The molecule has 8 nitrogen and oxygen atoms in total. The molecule has 3 aromatic rings. The molecule has 1 aliphatic rings. The van der Waals surface area contributed by atoms with Crippen molar-refractivity contribution in [3.63, 3.8) is 0 Å². The minimum Gasteiger partial charge on any atom is -0.340 e. The van der Waals surface area contributed by atoms with E-state index in [-0.39, 0.29) is 17.7 Å². The molecule has 1 amide bonds. The Morgan fingerprint density at radius 2 is 2.08 bits per heavy atom. The Hall–Kier alpha value is -3.03. The van der Waals surface area contributed by atoms with E-state index < -0.39 is 0 Å². The molecule has 4 heterocycles. The zero-order valence-corrected chi connectivity index (χ0v) is 14.7. The Morgan fingerprint density at radius 3 is 2.81 bits per heavy atom. The largest absolute Gasteiger partial charge is 0.340 e. The van der Waals surface area contributed by atoms with Crippen LogP contribution in [0.25, 0.3) is 11.4 Å². The average Bonchev–Trinajstić information content (AvgIpc) is 3.36. The average molecular weight is 352 g/mol. The molecule has 2 atom stereocenters. The highest BCUT2D eigenvalue weighted by molar-refractivity contribution is 5.76. The molecule has 1 aliphatic heterocycles. The lowest BCUT2D eigenvalue weighted by Gasteiger charge is -2.16. The standard InChI is InChI=1S/C18H20N6O2/c1-12-9-24(16(25)11-23-8-7-20-13(23)2)10-15(12)18-21-17(22-26-18)14-3-5-19-6-4-14/h3-8,12,15H,9-11H2,1-2H3. The maximum atomic E-state index is 12.6. The number of aromatic nitrogens is 5. The number of nitrogens with zero attached hydrogens (tertiary/aromatic N) is 6. The van der Waals surface area contributed by atoms with Crippen LogP contribution in [0.3, 0.4) is 0 Å². The summed E-state index contributed by atoms with van der Waals surface area (Å²) in [4.78, 5) is 27.2. The summed E-state index contributed by atoms with van der Waals surface area (Å²) in [6, 6.07) is 3.69. The molecular weight excluding hydrogens is 332 g/mol. The molecule has 0 spiro atoms. The van der Waals surface area contributed by atoms with Gasteiger partial charge in [0.05, 0.1) is 5.92 Å². The third-order valence-electron chi connectivity index (χ3n) is 4.89. The molecule has 4 rings (SSSR count). The molecule has 0 saturated carbocycles. The van der Waals surface area contributed by atoms with E-state index in [1.165, 1.54) is 0 Å². The predicted octanol–water partition coefficient (Wildman–Crippen LogP) is 1.90. The van der Waals surface area contributed by atoms with E-state index >= 15 is 0 Å². The SMILES string of the molecule is Cc1nccn1CC(=O)N1CC(C)C(c2nc(-c3ccncc3)no2)C1. The molecular formula is C18H20N6O2. The van der Waals surface area contributed by atoms with Gasteiger partial charge in [0, 0.05) is 43.4 Å². The first-order valence-electron chi connectivity index (χ1n) is 8.61. The van der Waals surface area contributed by atoms with E-state index in [1.807, 2.05) is 34.7 Å². The van der Waals surface area contributed by atoms with Crippen LogP contribution in [0.1, 0.15) is 24.6 Å². The number of rotatable bonds is 4. The number of carbonyl (C=O) groups is 1. The predicted molar refractivity (Wildman–Crippen MR) is 93.0 cm³/mol. The second kappa shape index (κ2) is 6.70. The Bertz CT molecular complexity index is 903. The van der Waals surface area contributed by atoms with Gasteiger partial charge in [-0.3, -0.25) is 9.78 Å². The summed E-state index contributed by atoms with van der Waals surface area (Å²) in [5, 5.41) is 4.08. The summed E-state index contributed by atoms with van der Waals surface area (Å²) in [7, 11) is 0. The second-order valence-corrected chi connectivity index (χ2v) is 6.68. The number of aryl methyl sites for hydroxylation is 1. The van der Waals surface area contributed by atoms with E-state index in [0.29, 0.717) is 31.3 Å². The summed E-state index contributed by atoms with van der Waals surface area (Å²) in [6.07, 6.45) is 6.92. The van der Waals surface area contributed by atoms with Gasteiger partial charge >= 0.3 is 0 Å². The molecule has 3 aromatic heterocycles. The Kier molecular flexibility index (Phi) is 4.24. The lowest BCUT2D eigenvalue weighted by molar-refractivity contribution is -0.131. The molecule has 0 radical (unpaired) electrons. The fourth-order valence-electron chi connectivity index (χ4n) is 3.31. The van der Waals surface area contributed by atoms with Crippen molar-refractivity contribution in [3.05, 3.63) is 48.6 Å². The van der Waals surface area contributed by atoms with Gasteiger partial charge in [0.15, 0.2) is 0 Å². The molecule has 0 bridgehead atoms. The zero-order chi connectivity index (χ0) is 18.1. The number of likely N-dealkylation sites (tertiary alicyclic amines) is 1. The maximum absolute atomic E-state index is 12.6. The highest BCUT2D eigenvalue weighted by Crippen LogP contribution is 2.32. The van der Waals surface area contributed by atoms with Crippen LogP contribution >= 0.6 is 0 Å². The van der Waals surface area contributed by atoms with Crippen molar-refractivity contribution >= 4 is 5.91 Å². The molecule has 8 heteroatoms. The molecule has 1 saturated heterocycles. The first-order chi connectivity index (χ1) is 12.6. The van der Waals surface area contributed by atoms with Gasteiger partial charge in [0.25, 0.3) is 0 Å². The number of pyridine rings is 1. The topological polar surface area (TPSA) is 89.9 Å². The van der Waals surface area contributed by atoms with Gasteiger partial charge in [-0.25, -0.2) is 4.98 Å². The van der Waals surface area contributed by atoms with Crippen LogP contribution in [0.2, 0.25) is 0 Å². The molecule has 2 unspecified atom stereocenters. The maximum Gasteiger partial charge on any atom is 0.242 e. The van der Waals surface area contributed by atoms with Crippen LogP contribution in [0.15, 0.2) is 41.4 Å². The number of carbonyl (C=O) groups excluding carboxylic acids is 1. The monoisotopic (exact) mass is 352 g/mol. The van der Waals surface area contributed by atoms with Crippen molar-refractivity contribution in [3.8, 4) is 11.4 Å². The normalized spacial score (nSPS) is 19.8. The van der Waals surface area contributed by atoms with E-state index in [4.69, 9.17) is 4.52 Å². The number of amides is 1. The van der Waals surface area contributed by atoms with Crippen LogP contribution in [0.4, 0.5) is 0 Å². The van der Waals surface area contributed by atoms with Crippen LogP contribution < -0.4 is 0 Å². The number of hydrogen-bond acceptors (Lipinski definition) is 6. The Balaban J connectivity index is 1.46. The zero-order valence-electron chi connectivity index (χ0n) is 14.7. The van der Waals surface area contributed by atoms with Crippen LogP contribution in [-0.2, 0) is 11.3 Å². The quantitative estimate of drug-likeness (QED) is 0.712. The fraction of sp³-hybridized carbons (Fsp3) is 0.389. The third kappa shape index (κ3) is 3.10. The second-order valence-electron chi connectivity index (χ2n) is 6.68. The minimum absolute atomic E-state index is 0.0471. The Morgan fingerprint density at radius 1 is 1.27 bits per heavy atom. The summed E-state index contributed by atoms with van der Waals surface area (Å²) in [5.41, 5.74) is 0.865. The van der Waals surface area contributed by atoms with Crippen LogP contribution in [0.5, 0.6) is 0 Å². The molecule has 0 aliphatic carbocycles. The Labute approximate surface area is 150 Å². The van der Waals surface area contributed by atoms with Crippen molar-refractivity contribution in [1.82, 2.24) is 29.6 Å². The summed E-state index contributed by atoms with van der Waals surface area (Å²) in [5.74, 6) is 2.35. The van der Waals surface area contributed by atoms with Gasteiger partial charge in [0.2, 0.25) is 17.6 Å². The fourth-order valence-corrected chi connectivity index (χ4v) is 3.31. The molecule has 0 N–H and O–H groups in total. The molecule has 26 heavy (non-hydrogen) atoms. The highest BCUT2D eigenvalue weighted by atomic mass is 16.5. The van der Waals surface area contributed by atoms with Crippen LogP contribution in [-0.4, -0.2) is 48.6 Å². The van der Waals surface area contributed by atoms with Crippen LogP contribution in [0, 0.1) is 12.8 Å². The third-order valence-corrected chi connectivity index (χ3v) is 4.89. The molecule has 1 fully saturated rings. The number of hydrogen-bond donors (Lipinski definition) is 0. The lowest BCUT2D eigenvalue weighted by atomic mass is 9.98. The van der Waals surface area contributed by atoms with Gasteiger partial charge in [-0.05, 0) is 25.0 Å². The molecule has 0 aromatic carbocycles. The first kappa shape index (κ1) is 16.4. The van der Waals surface area contributed by atoms with E-state index in [1.54, 1.807) is 18.6 Å². The lowest BCUT2D eigenvalue weighted by Crippen LogP contribution is -2.32. The summed E-state index contributed by atoms with van der Waals surface area (Å²) in [6.45, 7) is 5.58. The minimum atomic E-state index is 0.0471. The van der Waals surface area contributed by atoms with E-state index in [2.05, 4.69) is 27.0 Å². The molecule has 134 valence electrons. The van der Waals surface area contributed by atoms with Crippen molar-refractivity contribution in [2.45, 2.75) is 26.3 Å². The highest BCUT2D eigenvalue weighted by Gasteiger charge is 2.37. The van der Waals surface area contributed by atoms with E-state index in [0.717, 1.165) is 11.4 Å². The summed E-state index contributed by atoms with van der Waals surface area (Å²) >= 11 is 0. The van der Waals surface area contributed by atoms with Crippen molar-refractivity contribution in [1.29, 1.82) is 0 Å². The number of imidazole rings is 1. The van der Waals surface area contributed by atoms with Gasteiger partial charge in [-0.2, -0.15) is 4.98 Å². The van der Waals surface area contributed by atoms with E-state index in [9.17, 15) is 4.79 Å². The van der Waals surface area contributed by atoms with Crippen molar-refractivity contribution < 1.29 is 9.32 Å². The van der Waals surface area contributed by atoms with Crippen molar-refractivity contribution in [2.75, 3.05) is 13.1 Å². The van der Waals surface area contributed by atoms with Gasteiger partial charge in [-0.1, -0.05) is 12.1 Å².